The van der Waals surface area contributed by atoms with Gasteiger partial charge in [0.25, 0.3) is 0 Å². The summed E-state index contributed by atoms with van der Waals surface area (Å²) in [7, 11) is 0. The van der Waals surface area contributed by atoms with Gasteiger partial charge in [0.2, 0.25) is 0 Å². The van der Waals surface area contributed by atoms with E-state index in [2.05, 4.69) is 16.4 Å². The second kappa shape index (κ2) is 12.0. The van der Waals surface area contributed by atoms with Crippen LogP contribution in [0.25, 0.3) is 5.57 Å². The van der Waals surface area contributed by atoms with Crippen molar-refractivity contribution in [3.05, 3.63) is 30.1 Å². The van der Waals surface area contributed by atoms with Crippen LogP contribution in [-0.2, 0) is 4.74 Å². The van der Waals surface area contributed by atoms with Crippen LogP contribution in [0.4, 0.5) is 4.79 Å². The molecule has 2 aliphatic rings. The number of likely N-dealkylation sites (tertiary alicyclic amines) is 1. The monoisotopic (exact) mass is 475 g/mol. The molecule has 0 radical (unpaired) electrons. The molecular weight excluding hydrogens is 434 g/mol. The minimum atomic E-state index is -0.611. The molecular formula is C26H41N3O5. The highest BCUT2D eigenvalue weighted by molar-refractivity contribution is 5.68. The number of ether oxygens (including phenoxy) is 2. The predicted octanol–water partition coefficient (Wildman–Crippen LogP) is 3.58. The molecule has 3 unspecified atom stereocenters. The normalized spacial score (nSPS) is 21.5. The van der Waals surface area contributed by atoms with Crippen molar-refractivity contribution >= 4 is 11.7 Å². The molecule has 0 bridgehead atoms. The molecule has 3 N–H and O–H groups in total. The molecule has 2 heterocycles. The van der Waals surface area contributed by atoms with Gasteiger partial charge in [-0.25, -0.2) is 4.79 Å². The molecule has 0 saturated carbocycles. The van der Waals surface area contributed by atoms with Crippen LogP contribution >= 0.6 is 0 Å². The Morgan fingerprint density at radius 1 is 1.26 bits per heavy atom. The Morgan fingerprint density at radius 3 is 2.56 bits per heavy atom. The Labute approximate surface area is 203 Å². The number of hydrogen-bond acceptors (Lipinski definition) is 7. The van der Waals surface area contributed by atoms with Gasteiger partial charge in [0, 0.05) is 25.0 Å². The highest BCUT2D eigenvalue weighted by Gasteiger charge is 2.27. The largest absolute Gasteiger partial charge is 0.492 e. The van der Waals surface area contributed by atoms with Crippen LogP contribution in [0.1, 0.15) is 65.5 Å². The van der Waals surface area contributed by atoms with Crippen LogP contribution in [0.2, 0.25) is 0 Å². The fourth-order valence-corrected chi connectivity index (χ4v) is 4.33. The van der Waals surface area contributed by atoms with E-state index in [0.29, 0.717) is 25.6 Å². The molecule has 1 fully saturated rings. The summed E-state index contributed by atoms with van der Waals surface area (Å²) in [6, 6.07) is 3.84. The summed E-state index contributed by atoms with van der Waals surface area (Å²) in [4.78, 5) is 18.6. The first-order valence-corrected chi connectivity index (χ1v) is 12.5. The topological polar surface area (TPSA) is 104 Å². The molecule has 1 aliphatic carbocycles. The lowest BCUT2D eigenvalue weighted by Crippen LogP contribution is -2.43. The SMILES string of the molecule is CC(CO)NC(O)C1CC=C(c2ccc(OCC3CCN(C(=O)OC(C)(C)C)CC3)cn2)CC1. The maximum absolute atomic E-state index is 12.2. The van der Waals surface area contributed by atoms with E-state index in [4.69, 9.17) is 14.6 Å². The third kappa shape index (κ3) is 7.96. The first-order chi connectivity index (χ1) is 16.1. The van der Waals surface area contributed by atoms with E-state index in [1.807, 2.05) is 39.8 Å². The summed E-state index contributed by atoms with van der Waals surface area (Å²) in [5.74, 6) is 1.30. The van der Waals surface area contributed by atoms with Gasteiger partial charge >= 0.3 is 6.09 Å². The van der Waals surface area contributed by atoms with E-state index < -0.39 is 11.8 Å². The van der Waals surface area contributed by atoms with Crippen molar-refractivity contribution in [2.45, 2.75) is 77.7 Å². The molecule has 1 aromatic heterocycles. The van der Waals surface area contributed by atoms with Gasteiger partial charge in [-0.2, -0.15) is 0 Å². The summed E-state index contributed by atoms with van der Waals surface area (Å²) in [6.45, 7) is 9.52. The quantitative estimate of drug-likeness (QED) is 0.494. The fraction of sp³-hybridized carbons (Fsp3) is 0.692. The molecule has 3 atom stereocenters. The summed E-state index contributed by atoms with van der Waals surface area (Å²) < 4.78 is 11.4. The number of pyridine rings is 1. The van der Waals surface area contributed by atoms with E-state index in [1.165, 1.54) is 5.57 Å². The molecule has 1 amide bonds. The number of nitrogens with one attached hydrogen (secondary N) is 1. The number of carbonyl (C=O) groups excluding carboxylic acids is 1. The number of aliphatic hydroxyl groups is 2. The van der Waals surface area contributed by atoms with Gasteiger partial charge in [0.1, 0.15) is 17.6 Å². The molecule has 3 rings (SSSR count). The van der Waals surface area contributed by atoms with Crippen molar-refractivity contribution in [2.75, 3.05) is 26.3 Å². The third-order valence-electron chi connectivity index (χ3n) is 6.44. The van der Waals surface area contributed by atoms with Crippen molar-refractivity contribution in [2.24, 2.45) is 11.8 Å². The number of piperidine rings is 1. The van der Waals surface area contributed by atoms with Crippen LogP contribution in [0.5, 0.6) is 5.75 Å². The first-order valence-electron chi connectivity index (χ1n) is 12.5. The number of hydrogen-bond donors (Lipinski definition) is 3. The minimum Gasteiger partial charge on any atom is -0.492 e. The molecule has 190 valence electrons. The average Bonchev–Trinajstić information content (AvgIpc) is 2.82. The molecule has 1 aromatic rings. The summed E-state index contributed by atoms with van der Waals surface area (Å²) in [5, 5.41) is 22.5. The molecule has 0 aromatic carbocycles. The van der Waals surface area contributed by atoms with Crippen LogP contribution in [0.3, 0.4) is 0 Å². The Balaban J connectivity index is 1.41. The van der Waals surface area contributed by atoms with Gasteiger partial charge in [-0.1, -0.05) is 6.08 Å². The zero-order valence-electron chi connectivity index (χ0n) is 21.0. The van der Waals surface area contributed by atoms with E-state index in [9.17, 15) is 9.90 Å². The van der Waals surface area contributed by atoms with E-state index in [-0.39, 0.29) is 24.7 Å². The number of amides is 1. The smallest absolute Gasteiger partial charge is 0.410 e. The standard InChI is InChI=1S/C26H41N3O5/c1-18(16-30)28-24(31)21-7-5-20(6-8-21)23-10-9-22(15-27-23)33-17-19-11-13-29(14-12-19)25(32)34-26(2,3)4/h5,9-10,15,18-19,21,24,28,30-31H,6-8,11-14,16-17H2,1-4H3. The maximum atomic E-state index is 12.2. The van der Waals surface area contributed by atoms with E-state index in [0.717, 1.165) is 43.5 Å². The van der Waals surface area contributed by atoms with Crippen molar-refractivity contribution in [1.29, 1.82) is 0 Å². The van der Waals surface area contributed by atoms with Crippen molar-refractivity contribution < 1.29 is 24.5 Å². The summed E-state index contributed by atoms with van der Waals surface area (Å²) >= 11 is 0. The number of aromatic nitrogens is 1. The maximum Gasteiger partial charge on any atom is 0.410 e. The predicted molar refractivity (Wildman–Crippen MR) is 131 cm³/mol. The Bertz CT molecular complexity index is 813. The van der Waals surface area contributed by atoms with Crippen LogP contribution < -0.4 is 10.1 Å². The van der Waals surface area contributed by atoms with Gasteiger partial charge in [-0.15, -0.1) is 0 Å². The fourth-order valence-electron chi connectivity index (χ4n) is 4.33. The Hall–Kier alpha value is -2.16. The van der Waals surface area contributed by atoms with Gasteiger partial charge in [-0.3, -0.25) is 10.3 Å². The zero-order chi connectivity index (χ0) is 24.7. The van der Waals surface area contributed by atoms with Crippen LogP contribution in [0, 0.1) is 11.8 Å². The lowest BCUT2D eigenvalue weighted by atomic mass is 9.87. The van der Waals surface area contributed by atoms with Crippen molar-refractivity contribution in [3.63, 3.8) is 0 Å². The van der Waals surface area contributed by atoms with Crippen LogP contribution in [-0.4, -0.2) is 70.4 Å². The van der Waals surface area contributed by atoms with Crippen LogP contribution in [0.15, 0.2) is 24.4 Å². The molecule has 1 saturated heterocycles. The lowest BCUT2D eigenvalue weighted by molar-refractivity contribution is 0.0165. The lowest BCUT2D eigenvalue weighted by Gasteiger charge is -2.33. The number of nitrogens with zero attached hydrogens (tertiary/aromatic N) is 2. The number of rotatable bonds is 8. The van der Waals surface area contributed by atoms with E-state index >= 15 is 0 Å². The second-order valence-electron chi connectivity index (χ2n) is 10.6. The van der Waals surface area contributed by atoms with E-state index in [1.54, 1.807) is 11.1 Å². The summed E-state index contributed by atoms with van der Waals surface area (Å²) in [5.41, 5.74) is 1.67. The van der Waals surface area contributed by atoms with Gasteiger partial charge < -0.3 is 24.6 Å². The van der Waals surface area contributed by atoms with Gasteiger partial charge in [-0.05, 0) is 83.4 Å². The number of allylic oxidation sites excluding steroid dienone is 2. The molecule has 0 spiro atoms. The zero-order valence-corrected chi connectivity index (χ0v) is 21.0. The molecule has 34 heavy (non-hydrogen) atoms. The average molecular weight is 476 g/mol. The number of carbonyl (C=O) groups is 1. The molecule has 1 aliphatic heterocycles. The third-order valence-corrected chi connectivity index (χ3v) is 6.44. The van der Waals surface area contributed by atoms with Crippen molar-refractivity contribution in [3.8, 4) is 5.75 Å². The van der Waals surface area contributed by atoms with Gasteiger partial charge in [0.15, 0.2) is 0 Å². The first kappa shape index (κ1) is 26.4. The van der Waals surface area contributed by atoms with Gasteiger partial charge in [0.05, 0.1) is 25.1 Å². The Morgan fingerprint density at radius 2 is 2.00 bits per heavy atom. The molecule has 8 nitrogen and oxygen atoms in total. The minimum absolute atomic E-state index is 0.00841. The Kier molecular flexibility index (Phi) is 9.33. The highest BCUT2D eigenvalue weighted by Crippen LogP contribution is 2.31. The number of aliphatic hydroxyl groups excluding tert-OH is 2. The molecule has 8 heteroatoms. The second-order valence-corrected chi connectivity index (χ2v) is 10.6. The van der Waals surface area contributed by atoms with Crippen molar-refractivity contribution in [1.82, 2.24) is 15.2 Å². The summed E-state index contributed by atoms with van der Waals surface area (Å²) in [6.07, 6.45) is 7.40. The highest BCUT2D eigenvalue weighted by atomic mass is 16.6.